The molecule has 0 rings (SSSR count). The Kier molecular flexibility index (Phi) is 42.0. The summed E-state index contributed by atoms with van der Waals surface area (Å²) in [6.45, 7) is 16.3. The van der Waals surface area contributed by atoms with Gasteiger partial charge >= 0.3 is 11.9 Å². The lowest BCUT2D eigenvalue weighted by Crippen LogP contribution is -2.31. The average Bonchev–Trinajstić information content (AvgIpc) is 3.21. The van der Waals surface area contributed by atoms with Crippen molar-refractivity contribution in [3.63, 3.8) is 0 Å². The fourth-order valence-corrected chi connectivity index (χ4v) is 7.72. The Morgan fingerprint density at radius 1 is 0.525 bits per heavy atom. The second-order valence-corrected chi connectivity index (χ2v) is 17.4. The van der Waals surface area contributed by atoms with Crippen molar-refractivity contribution >= 4 is 17.8 Å². The molecule has 0 aliphatic heterocycles. The molecule has 0 unspecified atom stereocenters. The lowest BCUT2D eigenvalue weighted by Gasteiger charge is -2.24. The van der Waals surface area contributed by atoms with Crippen LogP contribution in [0.3, 0.4) is 0 Å². The lowest BCUT2D eigenvalue weighted by molar-refractivity contribution is -0.150. The van der Waals surface area contributed by atoms with Gasteiger partial charge in [-0.25, -0.2) is 0 Å². The SMILES string of the molecule is C=C(N)/C=C\N(CCCN(CCCCCCCC(=O)OCCCCCCCCC)CCCCCCCC(=O)OC(CCCCCCCC)CCCCCCCC)C(C)=O. The van der Waals surface area contributed by atoms with Crippen LogP contribution in [-0.2, 0) is 23.9 Å². The van der Waals surface area contributed by atoms with Crippen LogP contribution >= 0.6 is 0 Å². The van der Waals surface area contributed by atoms with Gasteiger partial charge in [-0.05, 0) is 89.9 Å². The molecule has 0 spiro atoms. The predicted octanol–water partition coefficient (Wildman–Crippen LogP) is 13.9. The van der Waals surface area contributed by atoms with E-state index in [1.807, 2.05) is 0 Å². The van der Waals surface area contributed by atoms with Gasteiger partial charge in [-0.15, -0.1) is 0 Å². The zero-order valence-corrected chi connectivity index (χ0v) is 39.5. The second-order valence-electron chi connectivity index (χ2n) is 17.4. The smallest absolute Gasteiger partial charge is 0.306 e. The highest BCUT2D eigenvalue weighted by Gasteiger charge is 2.15. The number of amides is 1. The molecule has 0 aromatic heterocycles. The van der Waals surface area contributed by atoms with Crippen LogP contribution in [0.2, 0.25) is 0 Å². The van der Waals surface area contributed by atoms with Crippen molar-refractivity contribution in [3.8, 4) is 0 Å². The van der Waals surface area contributed by atoms with E-state index < -0.39 is 0 Å². The average molecular weight is 832 g/mol. The van der Waals surface area contributed by atoms with E-state index in [4.69, 9.17) is 15.2 Å². The molecule has 0 bridgehead atoms. The Balaban J connectivity index is 4.58. The number of nitrogens with two attached hydrogens (primary N) is 1. The first-order valence-electron chi connectivity index (χ1n) is 25.2. The third kappa shape index (κ3) is 40.8. The first-order valence-corrected chi connectivity index (χ1v) is 25.2. The van der Waals surface area contributed by atoms with E-state index in [1.165, 1.54) is 109 Å². The van der Waals surface area contributed by atoms with Crippen LogP contribution in [0, 0.1) is 0 Å². The molecule has 0 aliphatic rings. The molecule has 1 amide bonds. The Hall–Kier alpha value is -2.35. The highest BCUT2D eigenvalue weighted by atomic mass is 16.5. The molecule has 0 aromatic rings. The molecule has 0 aliphatic carbocycles. The Bertz CT molecular complexity index is 1000. The molecule has 59 heavy (non-hydrogen) atoms. The Morgan fingerprint density at radius 3 is 1.41 bits per heavy atom. The van der Waals surface area contributed by atoms with E-state index in [2.05, 4.69) is 32.3 Å². The number of carbonyl (C=O) groups excluding carboxylic acids is 3. The summed E-state index contributed by atoms with van der Waals surface area (Å²) >= 11 is 0. The number of hydrogen-bond donors (Lipinski definition) is 1. The van der Waals surface area contributed by atoms with E-state index in [1.54, 1.807) is 24.1 Å². The molecule has 8 nitrogen and oxygen atoms in total. The van der Waals surface area contributed by atoms with Gasteiger partial charge in [-0.1, -0.05) is 169 Å². The van der Waals surface area contributed by atoms with Crippen LogP contribution in [0.5, 0.6) is 0 Å². The third-order valence-corrected chi connectivity index (χ3v) is 11.5. The van der Waals surface area contributed by atoms with Crippen LogP contribution in [0.25, 0.3) is 0 Å². The first kappa shape index (κ1) is 56.6. The standard InChI is InChI=1S/C51H97N3O5/c1-6-9-12-15-18-27-34-46-58-50(56)38-30-23-19-25-32-41-53(43-35-44-54(48(5)55)45-40-47(4)52)42-33-26-20-24-31-39-51(57)59-49(36-28-21-16-13-10-7-2)37-29-22-17-14-11-8-3/h40,45,49H,4,6-39,41-44,46,52H2,1-3,5H3/b45-40-. The molecule has 0 fully saturated rings. The summed E-state index contributed by atoms with van der Waals surface area (Å²) in [6.07, 6.45) is 42.1. The van der Waals surface area contributed by atoms with Crippen LogP contribution < -0.4 is 5.73 Å². The van der Waals surface area contributed by atoms with Gasteiger partial charge in [0.25, 0.3) is 0 Å². The van der Waals surface area contributed by atoms with Gasteiger partial charge < -0.3 is 25.0 Å². The van der Waals surface area contributed by atoms with E-state index in [0.717, 1.165) is 116 Å². The molecule has 0 atom stereocenters. The molecule has 346 valence electrons. The van der Waals surface area contributed by atoms with Gasteiger partial charge in [0.1, 0.15) is 6.10 Å². The van der Waals surface area contributed by atoms with Gasteiger partial charge in [-0.2, -0.15) is 0 Å². The fourth-order valence-electron chi connectivity index (χ4n) is 7.72. The quantitative estimate of drug-likeness (QED) is 0.0370. The molecule has 2 N–H and O–H groups in total. The summed E-state index contributed by atoms with van der Waals surface area (Å²) < 4.78 is 11.5. The minimum Gasteiger partial charge on any atom is -0.466 e. The highest BCUT2D eigenvalue weighted by molar-refractivity contribution is 5.74. The van der Waals surface area contributed by atoms with E-state index in [-0.39, 0.29) is 23.9 Å². The summed E-state index contributed by atoms with van der Waals surface area (Å²) in [6, 6.07) is 0. The fraction of sp³-hybridized carbons (Fsp3) is 0.863. The highest BCUT2D eigenvalue weighted by Crippen LogP contribution is 2.19. The summed E-state index contributed by atoms with van der Waals surface area (Å²) in [5.41, 5.74) is 6.13. The Morgan fingerprint density at radius 2 is 0.932 bits per heavy atom. The summed E-state index contributed by atoms with van der Waals surface area (Å²) in [5.74, 6) is -0.0357. The second kappa shape index (κ2) is 43.7. The first-order chi connectivity index (χ1) is 28.7. The maximum Gasteiger partial charge on any atom is 0.306 e. The van der Waals surface area contributed by atoms with Gasteiger partial charge in [0, 0.05) is 38.2 Å². The van der Waals surface area contributed by atoms with Crippen molar-refractivity contribution in [2.75, 3.05) is 32.8 Å². The zero-order chi connectivity index (χ0) is 43.4. The monoisotopic (exact) mass is 832 g/mol. The summed E-state index contributed by atoms with van der Waals surface area (Å²) in [4.78, 5) is 41.5. The summed E-state index contributed by atoms with van der Waals surface area (Å²) in [5, 5.41) is 0. The maximum atomic E-state index is 12.9. The van der Waals surface area contributed by atoms with Gasteiger partial charge in [0.15, 0.2) is 0 Å². The minimum absolute atomic E-state index is 0.00195. The van der Waals surface area contributed by atoms with Crippen LogP contribution in [0.15, 0.2) is 24.6 Å². The van der Waals surface area contributed by atoms with Crippen molar-refractivity contribution < 1.29 is 23.9 Å². The van der Waals surface area contributed by atoms with Crippen LogP contribution in [0.4, 0.5) is 0 Å². The largest absolute Gasteiger partial charge is 0.466 e. The number of allylic oxidation sites excluding steroid dienone is 1. The number of carbonyl (C=O) groups is 3. The molecular formula is C51H97N3O5. The number of unbranched alkanes of at least 4 members (excludes halogenated alkanes) is 24. The topological polar surface area (TPSA) is 102 Å². The molecule has 0 heterocycles. The van der Waals surface area contributed by atoms with E-state index >= 15 is 0 Å². The van der Waals surface area contributed by atoms with Crippen molar-refractivity contribution in [3.05, 3.63) is 24.6 Å². The number of rotatable bonds is 45. The van der Waals surface area contributed by atoms with Gasteiger partial charge in [0.2, 0.25) is 5.91 Å². The minimum atomic E-state index is -0.0430. The number of hydrogen-bond acceptors (Lipinski definition) is 7. The molecule has 0 saturated carbocycles. The molecule has 8 heteroatoms. The zero-order valence-electron chi connectivity index (χ0n) is 39.5. The van der Waals surface area contributed by atoms with Crippen LogP contribution in [-0.4, -0.2) is 66.5 Å². The van der Waals surface area contributed by atoms with Gasteiger partial charge in [0.05, 0.1) is 6.61 Å². The molecule has 0 radical (unpaired) electrons. The van der Waals surface area contributed by atoms with Crippen molar-refractivity contribution in [1.29, 1.82) is 0 Å². The van der Waals surface area contributed by atoms with Crippen LogP contribution in [0.1, 0.15) is 246 Å². The van der Waals surface area contributed by atoms with Crippen molar-refractivity contribution in [2.24, 2.45) is 5.73 Å². The van der Waals surface area contributed by atoms with Crippen molar-refractivity contribution in [2.45, 2.75) is 252 Å². The van der Waals surface area contributed by atoms with E-state index in [9.17, 15) is 14.4 Å². The third-order valence-electron chi connectivity index (χ3n) is 11.5. The van der Waals surface area contributed by atoms with E-state index in [0.29, 0.717) is 31.7 Å². The Labute approximate surface area is 365 Å². The predicted molar refractivity (Wildman–Crippen MR) is 251 cm³/mol. The van der Waals surface area contributed by atoms with Gasteiger partial charge in [-0.3, -0.25) is 14.4 Å². The number of esters is 2. The number of nitrogens with zero attached hydrogens (tertiary/aromatic N) is 2. The molecular weight excluding hydrogens is 735 g/mol. The number of ether oxygens (including phenoxy) is 2. The lowest BCUT2D eigenvalue weighted by atomic mass is 10.0. The molecule has 0 saturated heterocycles. The normalized spacial score (nSPS) is 11.6. The van der Waals surface area contributed by atoms with Crippen molar-refractivity contribution in [1.82, 2.24) is 9.80 Å². The molecule has 0 aromatic carbocycles. The maximum absolute atomic E-state index is 12.9. The summed E-state index contributed by atoms with van der Waals surface area (Å²) in [7, 11) is 0.